The molecular weight excluding hydrogens is 293 g/mol. The summed E-state index contributed by atoms with van der Waals surface area (Å²) in [5.41, 5.74) is -0.712. The molecule has 0 fully saturated rings. The van der Waals surface area contributed by atoms with E-state index < -0.39 is 17.5 Å². The van der Waals surface area contributed by atoms with E-state index in [9.17, 15) is 14.7 Å². The Morgan fingerprint density at radius 3 is 1.95 bits per heavy atom. The van der Waals surface area contributed by atoms with Crippen LogP contribution in [0.2, 0.25) is 10.0 Å². The number of rotatable bonds is 1. The van der Waals surface area contributed by atoms with E-state index in [0.717, 1.165) is 4.57 Å². The molecule has 1 aromatic heterocycles. The molecule has 0 radical (unpaired) electrons. The van der Waals surface area contributed by atoms with Crippen LogP contribution in [-0.2, 0) is 13.1 Å². The summed E-state index contributed by atoms with van der Waals surface area (Å²) < 4.78 is 3.41. The van der Waals surface area contributed by atoms with Crippen molar-refractivity contribution < 1.29 is 5.11 Å². The van der Waals surface area contributed by atoms with Gasteiger partial charge < -0.3 is 5.11 Å². The van der Waals surface area contributed by atoms with Crippen molar-refractivity contribution in [2.75, 3.05) is 0 Å². The Bertz CT molecular complexity index is 717. The number of halogens is 2. The molecule has 100 valence electrons. The van der Waals surface area contributed by atoms with Gasteiger partial charge in [0.15, 0.2) is 0 Å². The van der Waals surface area contributed by atoms with Crippen molar-refractivity contribution in [3.8, 4) is 5.69 Å². The summed E-state index contributed by atoms with van der Waals surface area (Å²) in [6.07, 6.45) is -0.710. The maximum atomic E-state index is 12.2. The van der Waals surface area contributed by atoms with Gasteiger partial charge in [-0.15, -0.1) is 0 Å². The van der Waals surface area contributed by atoms with E-state index in [1.807, 2.05) is 0 Å². The van der Waals surface area contributed by atoms with E-state index in [4.69, 9.17) is 23.2 Å². The zero-order valence-electron chi connectivity index (χ0n) is 9.58. The number of fused-ring (bicyclic) bond motifs is 1. The average molecular weight is 302 g/mol. The first-order valence-electron chi connectivity index (χ1n) is 5.54. The Kier molecular flexibility index (Phi) is 2.81. The Hall–Kier alpha value is -1.50. The highest BCUT2D eigenvalue weighted by molar-refractivity contribution is 6.34. The van der Waals surface area contributed by atoms with Gasteiger partial charge in [-0.25, -0.2) is 23.5 Å². The van der Waals surface area contributed by atoms with Gasteiger partial charge in [0.05, 0.1) is 24.9 Å². The SMILES string of the molecule is O=c1n(-c2cc(Cl)cc(Cl)c2)c(=O)n2n1CC(O)C2. The Balaban J connectivity index is 2.26. The van der Waals surface area contributed by atoms with Crippen molar-refractivity contribution in [2.24, 2.45) is 0 Å². The molecule has 19 heavy (non-hydrogen) atoms. The van der Waals surface area contributed by atoms with Gasteiger partial charge in [0.25, 0.3) is 0 Å². The lowest BCUT2D eigenvalue weighted by Crippen LogP contribution is -2.30. The van der Waals surface area contributed by atoms with Gasteiger partial charge in [0.1, 0.15) is 0 Å². The van der Waals surface area contributed by atoms with Crippen molar-refractivity contribution in [3.63, 3.8) is 0 Å². The number of hydrogen-bond acceptors (Lipinski definition) is 3. The van der Waals surface area contributed by atoms with Crippen LogP contribution in [0.1, 0.15) is 0 Å². The normalized spacial score (nSPS) is 14.9. The summed E-state index contributed by atoms with van der Waals surface area (Å²) >= 11 is 11.7. The van der Waals surface area contributed by atoms with Crippen LogP contribution in [0.15, 0.2) is 27.8 Å². The van der Waals surface area contributed by atoms with E-state index in [1.165, 1.54) is 27.6 Å². The molecule has 2 heterocycles. The standard InChI is InChI=1S/C11H9Cl2N3O3/c12-6-1-7(13)3-8(2-6)16-10(18)14-4-9(17)5-15(14)11(16)19/h1-3,9,17H,4-5H2. The van der Waals surface area contributed by atoms with Gasteiger partial charge in [-0.05, 0) is 18.2 Å². The molecule has 0 unspecified atom stereocenters. The van der Waals surface area contributed by atoms with Crippen molar-refractivity contribution in [1.82, 2.24) is 13.9 Å². The Morgan fingerprint density at radius 1 is 1.00 bits per heavy atom. The van der Waals surface area contributed by atoms with Gasteiger partial charge >= 0.3 is 11.4 Å². The summed E-state index contributed by atoms with van der Waals surface area (Å²) in [5, 5.41) is 10.1. The first-order chi connectivity index (χ1) is 8.97. The van der Waals surface area contributed by atoms with Crippen molar-refractivity contribution >= 4 is 23.2 Å². The molecule has 1 aliphatic heterocycles. The molecule has 8 heteroatoms. The summed E-state index contributed by atoms with van der Waals surface area (Å²) in [6.45, 7) is 0.213. The molecule has 0 spiro atoms. The van der Waals surface area contributed by atoms with Crippen LogP contribution in [0.3, 0.4) is 0 Å². The largest absolute Gasteiger partial charge is 0.389 e. The van der Waals surface area contributed by atoms with Crippen LogP contribution in [0.25, 0.3) is 5.69 Å². The van der Waals surface area contributed by atoms with Crippen LogP contribution in [-0.4, -0.2) is 25.1 Å². The van der Waals surface area contributed by atoms with Gasteiger partial charge in [-0.1, -0.05) is 23.2 Å². The zero-order chi connectivity index (χ0) is 13.7. The smallest absolute Gasteiger partial charge is 0.351 e. The van der Waals surface area contributed by atoms with Crippen LogP contribution in [0.4, 0.5) is 0 Å². The fourth-order valence-corrected chi connectivity index (χ4v) is 2.73. The van der Waals surface area contributed by atoms with Crippen LogP contribution < -0.4 is 11.4 Å². The molecule has 6 nitrogen and oxygen atoms in total. The lowest BCUT2D eigenvalue weighted by Gasteiger charge is -2.02. The molecule has 2 aromatic rings. The van der Waals surface area contributed by atoms with E-state index in [0.29, 0.717) is 15.7 Å². The Labute approximate surface area is 117 Å². The predicted molar refractivity (Wildman–Crippen MR) is 70.3 cm³/mol. The number of aromatic nitrogens is 3. The van der Waals surface area contributed by atoms with Crippen LogP contribution >= 0.6 is 23.2 Å². The third kappa shape index (κ3) is 1.92. The summed E-state index contributed by atoms with van der Waals surface area (Å²) in [4.78, 5) is 24.3. The topological polar surface area (TPSA) is 69.2 Å². The monoisotopic (exact) mass is 301 g/mol. The van der Waals surface area contributed by atoms with Crippen LogP contribution in [0.5, 0.6) is 0 Å². The second-order valence-corrected chi connectivity index (χ2v) is 5.22. The molecule has 3 rings (SSSR count). The molecule has 1 N–H and O–H groups in total. The number of benzene rings is 1. The number of nitrogens with zero attached hydrogens (tertiary/aromatic N) is 3. The van der Waals surface area contributed by atoms with Gasteiger partial charge in [-0.2, -0.15) is 0 Å². The number of aliphatic hydroxyl groups excluding tert-OH is 1. The molecule has 0 bridgehead atoms. The van der Waals surface area contributed by atoms with Crippen molar-refractivity contribution in [1.29, 1.82) is 0 Å². The molecular formula is C11H9Cl2N3O3. The summed E-state index contributed by atoms with van der Waals surface area (Å²) in [5.74, 6) is 0. The molecule has 1 aromatic carbocycles. The maximum Gasteiger partial charge on any atom is 0.351 e. The first-order valence-corrected chi connectivity index (χ1v) is 6.30. The third-order valence-corrected chi connectivity index (χ3v) is 3.42. The molecule has 0 atom stereocenters. The average Bonchev–Trinajstić information content (AvgIpc) is 2.78. The van der Waals surface area contributed by atoms with Gasteiger partial charge in [0, 0.05) is 10.0 Å². The lowest BCUT2D eigenvalue weighted by molar-refractivity contribution is 0.168. The first kappa shape index (κ1) is 12.5. The maximum absolute atomic E-state index is 12.2. The summed E-state index contributed by atoms with van der Waals surface area (Å²) in [6, 6.07) is 4.49. The number of hydrogen-bond donors (Lipinski definition) is 1. The lowest BCUT2D eigenvalue weighted by atomic mass is 10.3. The molecule has 0 saturated heterocycles. The third-order valence-electron chi connectivity index (χ3n) is 2.99. The van der Waals surface area contributed by atoms with Crippen LogP contribution in [0, 0.1) is 0 Å². The number of aliphatic hydroxyl groups is 1. The molecule has 0 aliphatic carbocycles. The summed E-state index contributed by atoms with van der Waals surface area (Å²) in [7, 11) is 0. The highest BCUT2D eigenvalue weighted by Gasteiger charge is 2.26. The van der Waals surface area contributed by atoms with Gasteiger partial charge in [0.2, 0.25) is 0 Å². The predicted octanol–water partition coefficient (Wildman–Crippen LogP) is 0.482. The highest BCUT2D eigenvalue weighted by Crippen LogP contribution is 2.20. The fourth-order valence-electron chi connectivity index (χ4n) is 2.22. The minimum atomic E-state index is -0.710. The Morgan fingerprint density at radius 2 is 1.47 bits per heavy atom. The van der Waals surface area contributed by atoms with E-state index in [-0.39, 0.29) is 13.1 Å². The molecule has 0 saturated carbocycles. The molecule has 1 aliphatic rings. The fraction of sp³-hybridized carbons (Fsp3) is 0.273. The van der Waals surface area contributed by atoms with Crippen molar-refractivity contribution in [2.45, 2.75) is 19.2 Å². The quantitative estimate of drug-likeness (QED) is 0.833. The van der Waals surface area contributed by atoms with E-state index >= 15 is 0 Å². The van der Waals surface area contributed by atoms with E-state index in [2.05, 4.69) is 0 Å². The highest BCUT2D eigenvalue weighted by atomic mass is 35.5. The minimum Gasteiger partial charge on any atom is -0.389 e. The van der Waals surface area contributed by atoms with E-state index in [1.54, 1.807) is 0 Å². The minimum absolute atomic E-state index is 0.107. The molecule has 0 amide bonds. The van der Waals surface area contributed by atoms with Crippen molar-refractivity contribution in [3.05, 3.63) is 49.2 Å². The zero-order valence-corrected chi connectivity index (χ0v) is 11.1. The van der Waals surface area contributed by atoms with Gasteiger partial charge in [-0.3, -0.25) is 0 Å². The second-order valence-electron chi connectivity index (χ2n) is 4.35. The second kappa shape index (κ2) is 4.26.